The van der Waals surface area contributed by atoms with Crippen LogP contribution < -0.4 is 5.32 Å². The van der Waals surface area contributed by atoms with Crippen LogP contribution >= 0.6 is 7.82 Å². The Hall–Kier alpha value is -2.50. The summed E-state index contributed by atoms with van der Waals surface area (Å²) in [5.74, 6) is -3.92. The summed E-state index contributed by atoms with van der Waals surface area (Å²) in [6.45, 7) is -0.357. The number of anilines is 1. The zero-order chi connectivity index (χ0) is 26.0. The number of carbonyl (C=O) groups excluding carboxylic acids is 2. The molecule has 19 heteroatoms. The van der Waals surface area contributed by atoms with E-state index in [2.05, 4.69) is 20.3 Å². The van der Waals surface area contributed by atoms with E-state index in [4.69, 9.17) is 28.7 Å². The van der Waals surface area contributed by atoms with Gasteiger partial charge in [-0.1, -0.05) is 0 Å². The summed E-state index contributed by atoms with van der Waals surface area (Å²) in [5.41, 5.74) is 0.211. The van der Waals surface area contributed by atoms with Gasteiger partial charge < -0.3 is 29.9 Å². The van der Waals surface area contributed by atoms with E-state index in [-0.39, 0.29) is 66.0 Å². The van der Waals surface area contributed by atoms with Crippen LogP contribution in [-0.2, 0) is 42.3 Å². The number of fused-ring (bicyclic) bond motifs is 2. The maximum atomic E-state index is 12.3. The third kappa shape index (κ3) is 6.88. The minimum atomic E-state index is -4.46. The topological polar surface area (TPSA) is 239 Å². The standard InChI is InChI=1S/C18H20N5O12P.Na/c24-9(1-2-10(25)26)22-16-13-17(20-6-19-16)23(7-21-13)18-15(34-12(29)4-3-11(27)28)14-8(33-18)5-32-36(30,31)35-14;/h6-8,14-15,18H,1-5H2,(H,25,26)(H,27,28)(H,30,31)(H,19,20,22,24);. The number of carboxylic acid groups (broad SMARTS) is 2. The van der Waals surface area contributed by atoms with Crippen molar-refractivity contribution in [3.8, 4) is 0 Å². The third-order valence-electron chi connectivity index (χ3n) is 5.21. The Kier molecular flexibility index (Phi) is 9.36. The quantitative estimate of drug-likeness (QED) is 0.173. The number of hydrogen-bond acceptors (Lipinski definition) is 12. The molecule has 2 aliphatic heterocycles. The minimum Gasteiger partial charge on any atom is -0.481 e. The summed E-state index contributed by atoms with van der Waals surface area (Å²) in [7, 11) is -4.46. The van der Waals surface area contributed by atoms with Crippen LogP contribution in [0.5, 0.6) is 0 Å². The Morgan fingerprint density at radius 2 is 1.81 bits per heavy atom. The molecule has 4 heterocycles. The average molecular weight is 552 g/mol. The largest absolute Gasteiger partial charge is 0.481 e. The van der Waals surface area contributed by atoms with Gasteiger partial charge in [0, 0.05) is 36.0 Å². The molecule has 1 amide bonds. The molecular formula is C18H20N5NaO12P. The van der Waals surface area contributed by atoms with Crippen LogP contribution in [0.3, 0.4) is 0 Å². The zero-order valence-corrected chi connectivity index (χ0v) is 22.1. The van der Waals surface area contributed by atoms with Crippen LogP contribution in [0, 0.1) is 0 Å². The fraction of sp³-hybridized carbons (Fsp3) is 0.500. The molecule has 195 valence electrons. The van der Waals surface area contributed by atoms with Gasteiger partial charge in [-0.25, -0.2) is 19.5 Å². The van der Waals surface area contributed by atoms with Crippen molar-refractivity contribution in [1.82, 2.24) is 19.5 Å². The normalized spacial score (nSPS) is 26.6. The first-order valence-corrected chi connectivity index (χ1v) is 12.0. The van der Waals surface area contributed by atoms with E-state index < -0.39 is 69.0 Å². The second kappa shape index (κ2) is 11.9. The first kappa shape index (κ1) is 29.1. The van der Waals surface area contributed by atoms with Crippen LogP contribution in [0.4, 0.5) is 5.82 Å². The van der Waals surface area contributed by atoms with Crippen molar-refractivity contribution in [3.63, 3.8) is 0 Å². The molecule has 0 saturated carbocycles. The summed E-state index contributed by atoms with van der Waals surface area (Å²) >= 11 is 0. The fourth-order valence-electron chi connectivity index (χ4n) is 3.64. The molecular weight excluding hydrogens is 532 g/mol. The molecule has 5 unspecified atom stereocenters. The van der Waals surface area contributed by atoms with Gasteiger partial charge in [0.05, 0.1) is 32.2 Å². The molecule has 4 rings (SSSR count). The van der Waals surface area contributed by atoms with E-state index in [0.717, 1.165) is 6.33 Å². The van der Waals surface area contributed by atoms with Crippen molar-refractivity contribution in [2.24, 2.45) is 0 Å². The molecule has 0 aromatic carbocycles. The van der Waals surface area contributed by atoms with Crippen LogP contribution in [-0.4, -0.2) is 113 Å². The number of amides is 1. The van der Waals surface area contributed by atoms with Crippen molar-refractivity contribution in [1.29, 1.82) is 0 Å². The van der Waals surface area contributed by atoms with Crippen LogP contribution in [0.1, 0.15) is 31.9 Å². The van der Waals surface area contributed by atoms with Gasteiger partial charge in [-0.3, -0.25) is 32.8 Å². The molecule has 0 bridgehead atoms. The number of nitrogens with one attached hydrogen (secondary N) is 1. The molecule has 2 aromatic rings. The second-order valence-electron chi connectivity index (χ2n) is 7.74. The van der Waals surface area contributed by atoms with Crippen molar-refractivity contribution in [2.45, 2.75) is 50.2 Å². The molecule has 2 saturated heterocycles. The molecule has 2 aliphatic rings. The Labute approximate surface area is 229 Å². The second-order valence-corrected chi connectivity index (χ2v) is 9.14. The van der Waals surface area contributed by atoms with Gasteiger partial charge >= 0.3 is 25.7 Å². The van der Waals surface area contributed by atoms with E-state index >= 15 is 0 Å². The summed E-state index contributed by atoms with van der Waals surface area (Å²) in [6, 6.07) is 0. The number of esters is 1. The number of carbonyl (C=O) groups is 4. The van der Waals surface area contributed by atoms with Crippen LogP contribution in [0.15, 0.2) is 12.7 Å². The number of carboxylic acids is 2. The van der Waals surface area contributed by atoms with Crippen molar-refractivity contribution in [2.75, 3.05) is 11.9 Å². The summed E-state index contributed by atoms with van der Waals surface area (Å²) in [6.07, 6.45) is -3.99. The monoisotopic (exact) mass is 552 g/mol. The molecule has 2 aromatic heterocycles. The molecule has 4 N–H and O–H groups in total. The summed E-state index contributed by atoms with van der Waals surface area (Å²) < 4.78 is 34.5. The number of hydrogen-bond donors (Lipinski definition) is 4. The van der Waals surface area contributed by atoms with E-state index in [1.807, 2.05) is 0 Å². The van der Waals surface area contributed by atoms with Crippen LogP contribution in [0.25, 0.3) is 11.2 Å². The Morgan fingerprint density at radius 3 is 2.51 bits per heavy atom. The molecule has 2 fully saturated rings. The minimum absolute atomic E-state index is 0. The van der Waals surface area contributed by atoms with Crippen molar-refractivity contribution < 1.29 is 57.4 Å². The van der Waals surface area contributed by atoms with Gasteiger partial charge in [-0.05, 0) is 0 Å². The summed E-state index contributed by atoms with van der Waals surface area (Å²) in [5, 5.41) is 20.0. The van der Waals surface area contributed by atoms with E-state index in [1.165, 1.54) is 10.9 Å². The van der Waals surface area contributed by atoms with Crippen molar-refractivity contribution >= 4 is 78.2 Å². The molecule has 0 aliphatic carbocycles. The smallest absolute Gasteiger partial charge is 0.472 e. The number of nitrogens with zero attached hydrogens (tertiary/aromatic N) is 4. The Balaban J connectivity index is 0.00000380. The zero-order valence-electron chi connectivity index (χ0n) is 19.3. The first-order chi connectivity index (χ1) is 17.0. The first-order valence-electron chi connectivity index (χ1n) is 10.5. The predicted octanol–water partition coefficient (Wildman–Crippen LogP) is -0.561. The van der Waals surface area contributed by atoms with E-state index in [1.54, 1.807) is 0 Å². The number of imidazole rings is 1. The maximum Gasteiger partial charge on any atom is 0.472 e. The number of aromatic nitrogens is 4. The van der Waals surface area contributed by atoms with Gasteiger partial charge in [0.15, 0.2) is 29.3 Å². The summed E-state index contributed by atoms with van der Waals surface area (Å²) in [4.78, 5) is 67.9. The van der Waals surface area contributed by atoms with Crippen molar-refractivity contribution in [3.05, 3.63) is 12.7 Å². The number of phosphoric acid groups is 1. The number of phosphoric ester groups is 1. The van der Waals surface area contributed by atoms with E-state index in [9.17, 15) is 28.6 Å². The molecule has 17 nitrogen and oxygen atoms in total. The van der Waals surface area contributed by atoms with Gasteiger partial charge in [-0.2, -0.15) is 0 Å². The number of ether oxygens (including phenoxy) is 2. The van der Waals surface area contributed by atoms with E-state index in [0.29, 0.717) is 0 Å². The Morgan fingerprint density at radius 1 is 1.11 bits per heavy atom. The third-order valence-corrected chi connectivity index (χ3v) is 6.19. The predicted molar refractivity (Wildman–Crippen MR) is 118 cm³/mol. The SMILES string of the molecule is O=C(O)CCC(=O)Nc1ncnc2c1ncn2C1OC2COP(=O)(O)OC2C1OC(=O)CCC(=O)O.[Na]. The average Bonchev–Trinajstić information content (AvgIpc) is 3.38. The maximum absolute atomic E-state index is 12.3. The Bertz CT molecular complexity index is 1260. The fourth-order valence-corrected chi connectivity index (χ4v) is 4.59. The molecule has 5 atom stereocenters. The number of rotatable bonds is 9. The van der Waals surface area contributed by atoms with Crippen LogP contribution in [0.2, 0.25) is 0 Å². The van der Waals surface area contributed by atoms with Gasteiger partial charge in [0.2, 0.25) is 5.91 Å². The van der Waals surface area contributed by atoms with Gasteiger partial charge in [0.25, 0.3) is 0 Å². The van der Waals surface area contributed by atoms with Gasteiger partial charge in [0.1, 0.15) is 18.5 Å². The molecule has 37 heavy (non-hydrogen) atoms. The van der Waals surface area contributed by atoms with Gasteiger partial charge in [-0.15, -0.1) is 0 Å². The number of aliphatic carboxylic acids is 2. The molecule has 1 radical (unpaired) electrons. The molecule has 0 spiro atoms.